The van der Waals surface area contributed by atoms with Crippen LogP contribution in [0.25, 0.3) is 0 Å². The summed E-state index contributed by atoms with van der Waals surface area (Å²) in [6.07, 6.45) is 18.2. The number of unbranched alkanes of at least 4 members (excludes halogenated alkanes) is 8. The summed E-state index contributed by atoms with van der Waals surface area (Å²) < 4.78 is 0. The van der Waals surface area contributed by atoms with Gasteiger partial charge >= 0.3 is 12.0 Å². The van der Waals surface area contributed by atoms with Crippen LogP contribution in [-0.4, -0.2) is 34.1 Å². The molecule has 4 bridgehead atoms. The zero-order valence-electron chi connectivity index (χ0n) is 17.5. The third-order valence-electron chi connectivity index (χ3n) is 7.62. The average molecular weight is 393 g/mol. The fourth-order valence-electron chi connectivity index (χ4n) is 6.76. The van der Waals surface area contributed by atoms with Crippen molar-refractivity contribution in [1.29, 1.82) is 0 Å². The molecule has 4 rings (SSSR count). The second kappa shape index (κ2) is 9.98. The quantitative estimate of drug-likeness (QED) is 0.416. The Morgan fingerprint density at radius 2 is 1.21 bits per heavy atom. The van der Waals surface area contributed by atoms with Gasteiger partial charge in [-0.2, -0.15) is 0 Å². The van der Waals surface area contributed by atoms with Gasteiger partial charge in [0.25, 0.3) is 0 Å². The molecular weight excluding hydrogens is 352 g/mol. The third-order valence-corrected chi connectivity index (χ3v) is 7.62. The number of hydrogen-bond acceptors (Lipinski definition) is 2. The third kappa shape index (κ3) is 5.64. The average Bonchev–Trinajstić information content (AvgIpc) is 2.60. The minimum atomic E-state index is -0.682. The SMILES string of the molecule is NC(=O)N(CCCCCCCCCCCC(=O)O)C12CC3CC(CC(C3)C1)C2. The number of carboxylic acids is 1. The van der Waals surface area contributed by atoms with Crippen molar-refractivity contribution in [1.82, 2.24) is 4.90 Å². The molecule has 0 saturated heterocycles. The maximum absolute atomic E-state index is 12.3. The molecule has 0 aromatic heterocycles. The maximum atomic E-state index is 12.3. The minimum absolute atomic E-state index is 0.0938. The number of nitrogens with zero attached hydrogens (tertiary/aromatic N) is 1. The van der Waals surface area contributed by atoms with E-state index in [2.05, 4.69) is 4.90 Å². The van der Waals surface area contributed by atoms with E-state index in [4.69, 9.17) is 10.8 Å². The van der Waals surface area contributed by atoms with E-state index in [1.54, 1.807) is 0 Å². The molecule has 4 aliphatic rings. The summed E-state index contributed by atoms with van der Waals surface area (Å²) in [5, 5.41) is 8.62. The fourth-order valence-corrected chi connectivity index (χ4v) is 6.76. The number of hydrogen-bond donors (Lipinski definition) is 2. The molecule has 0 atom stereocenters. The number of carbonyl (C=O) groups is 2. The van der Waals surface area contributed by atoms with E-state index < -0.39 is 5.97 Å². The van der Waals surface area contributed by atoms with Gasteiger partial charge in [-0.25, -0.2) is 4.79 Å². The molecule has 2 amide bonds. The van der Waals surface area contributed by atoms with E-state index in [1.807, 2.05) is 0 Å². The highest BCUT2D eigenvalue weighted by molar-refractivity contribution is 5.73. The van der Waals surface area contributed by atoms with Crippen molar-refractivity contribution in [2.45, 2.75) is 108 Å². The van der Waals surface area contributed by atoms with Gasteiger partial charge < -0.3 is 15.7 Å². The zero-order chi connectivity index (χ0) is 20.0. The number of urea groups is 1. The Morgan fingerprint density at radius 1 is 0.786 bits per heavy atom. The van der Waals surface area contributed by atoms with E-state index in [0.29, 0.717) is 6.42 Å². The molecule has 3 N–H and O–H groups in total. The number of amides is 2. The summed E-state index contributed by atoms with van der Waals surface area (Å²) in [6, 6.07) is -0.191. The minimum Gasteiger partial charge on any atom is -0.481 e. The second-order valence-electron chi connectivity index (χ2n) is 9.96. The largest absolute Gasteiger partial charge is 0.481 e. The number of primary amides is 1. The first kappa shape index (κ1) is 21.4. The van der Waals surface area contributed by atoms with E-state index in [0.717, 1.165) is 50.0 Å². The molecule has 5 heteroatoms. The predicted octanol–water partition coefficient (Wildman–Crippen LogP) is 5.32. The van der Waals surface area contributed by atoms with Crippen LogP contribution in [0.5, 0.6) is 0 Å². The standard InChI is InChI=1S/C23H40N2O3/c24-22(28)25(23-15-18-12-19(16-23)14-20(13-18)17-23)11-9-7-5-3-1-2-4-6-8-10-21(26)27/h18-20H,1-17H2,(H2,24,28)(H,26,27). The van der Waals surface area contributed by atoms with Crippen molar-refractivity contribution >= 4 is 12.0 Å². The number of carbonyl (C=O) groups excluding carboxylic acids is 1. The van der Waals surface area contributed by atoms with Crippen LogP contribution in [0.2, 0.25) is 0 Å². The topological polar surface area (TPSA) is 83.6 Å². The first-order valence-corrected chi connectivity index (χ1v) is 11.8. The molecular formula is C23H40N2O3. The van der Waals surface area contributed by atoms with Gasteiger partial charge in [-0.15, -0.1) is 0 Å². The fraction of sp³-hybridized carbons (Fsp3) is 0.913. The van der Waals surface area contributed by atoms with Crippen LogP contribution in [0.1, 0.15) is 103 Å². The Kier molecular flexibility index (Phi) is 7.64. The second-order valence-corrected chi connectivity index (χ2v) is 9.96. The summed E-state index contributed by atoms with van der Waals surface area (Å²) in [5.41, 5.74) is 5.94. The number of nitrogens with two attached hydrogens (primary N) is 1. The molecule has 4 saturated carbocycles. The molecule has 160 valence electrons. The van der Waals surface area contributed by atoms with Gasteiger partial charge in [-0.1, -0.05) is 44.9 Å². The van der Waals surface area contributed by atoms with E-state index in [-0.39, 0.29) is 11.6 Å². The van der Waals surface area contributed by atoms with Crippen molar-refractivity contribution in [2.75, 3.05) is 6.54 Å². The lowest BCUT2D eigenvalue weighted by molar-refractivity contribution is -0.137. The lowest BCUT2D eigenvalue weighted by Gasteiger charge is -2.60. The molecule has 0 heterocycles. The summed E-state index contributed by atoms with van der Waals surface area (Å²) in [7, 11) is 0. The van der Waals surface area contributed by atoms with Gasteiger partial charge in [0.2, 0.25) is 0 Å². The van der Waals surface area contributed by atoms with E-state index in [9.17, 15) is 9.59 Å². The molecule has 0 unspecified atom stereocenters. The predicted molar refractivity (Wildman–Crippen MR) is 111 cm³/mol. The first-order chi connectivity index (χ1) is 13.5. The molecule has 0 aliphatic heterocycles. The summed E-state index contributed by atoms with van der Waals surface area (Å²) in [4.78, 5) is 24.8. The zero-order valence-corrected chi connectivity index (χ0v) is 17.5. The van der Waals surface area contributed by atoms with Crippen LogP contribution in [0.15, 0.2) is 0 Å². The maximum Gasteiger partial charge on any atom is 0.315 e. The van der Waals surface area contributed by atoms with E-state index in [1.165, 1.54) is 70.6 Å². The lowest BCUT2D eigenvalue weighted by atomic mass is 9.52. The summed E-state index contributed by atoms with van der Waals surface area (Å²) in [5.74, 6) is 1.83. The van der Waals surface area contributed by atoms with Gasteiger partial charge in [0.15, 0.2) is 0 Å². The van der Waals surface area contributed by atoms with Crippen molar-refractivity contribution in [3.05, 3.63) is 0 Å². The number of carboxylic acid groups (broad SMARTS) is 1. The molecule has 0 aromatic carbocycles. The smallest absolute Gasteiger partial charge is 0.315 e. The van der Waals surface area contributed by atoms with Gasteiger partial charge in [-0.3, -0.25) is 4.79 Å². The van der Waals surface area contributed by atoms with Crippen LogP contribution in [0.4, 0.5) is 4.79 Å². The van der Waals surface area contributed by atoms with Crippen molar-refractivity contribution < 1.29 is 14.7 Å². The van der Waals surface area contributed by atoms with Crippen LogP contribution in [0.3, 0.4) is 0 Å². The van der Waals surface area contributed by atoms with Gasteiger partial charge in [0, 0.05) is 18.5 Å². The Bertz CT molecular complexity index is 499. The first-order valence-electron chi connectivity index (χ1n) is 11.8. The van der Waals surface area contributed by atoms with Crippen LogP contribution in [0, 0.1) is 17.8 Å². The van der Waals surface area contributed by atoms with Crippen molar-refractivity contribution in [2.24, 2.45) is 23.5 Å². The Hall–Kier alpha value is -1.26. The molecule has 5 nitrogen and oxygen atoms in total. The highest BCUT2D eigenvalue weighted by Crippen LogP contribution is 2.57. The normalized spacial score (nSPS) is 30.5. The molecule has 0 spiro atoms. The van der Waals surface area contributed by atoms with Crippen LogP contribution >= 0.6 is 0 Å². The van der Waals surface area contributed by atoms with Gasteiger partial charge in [0.05, 0.1) is 0 Å². The highest BCUT2D eigenvalue weighted by atomic mass is 16.4. The molecule has 0 aromatic rings. The van der Waals surface area contributed by atoms with Gasteiger partial charge in [-0.05, 0) is 69.1 Å². The lowest BCUT2D eigenvalue weighted by Crippen LogP contribution is -2.62. The molecule has 28 heavy (non-hydrogen) atoms. The summed E-state index contributed by atoms with van der Waals surface area (Å²) >= 11 is 0. The monoisotopic (exact) mass is 392 g/mol. The Labute approximate surface area is 170 Å². The molecule has 0 radical (unpaired) electrons. The molecule has 4 aliphatic carbocycles. The van der Waals surface area contributed by atoms with E-state index >= 15 is 0 Å². The highest BCUT2D eigenvalue weighted by Gasteiger charge is 2.54. The molecule has 4 fully saturated rings. The number of aliphatic carboxylic acids is 1. The Morgan fingerprint density at radius 3 is 1.64 bits per heavy atom. The Balaban J connectivity index is 1.29. The summed E-state index contributed by atoms with van der Waals surface area (Å²) in [6.45, 7) is 0.844. The van der Waals surface area contributed by atoms with Gasteiger partial charge in [0.1, 0.15) is 0 Å². The van der Waals surface area contributed by atoms with Crippen LogP contribution < -0.4 is 5.73 Å². The number of rotatable bonds is 13. The van der Waals surface area contributed by atoms with Crippen molar-refractivity contribution in [3.63, 3.8) is 0 Å². The van der Waals surface area contributed by atoms with Crippen molar-refractivity contribution in [3.8, 4) is 0 Å². The van der Waals surface area contributed by atoms with Crippen LogP contribution in [-0.2, 0) is 4.79 Å².